The first kappa shape index (κ1) is 17.4. The minimum absolute atomic E-state index is 0.0210. The van der Waals surface area contributed by atoms with E-state index >= 15 is 0 Å². The number of amides is 1. The molecule has 0 saturated heterocycles. The molecule has 0 aliphatic heterocycles. The van der Waals surface area contributed by atoms with Crippen molar-refractivity contribution < 1.29 is 9.53 Å². The Labute approximate surface area is 141 Å². The Balaban J connectivity index is 1.94. The highest BCUT2D eigenvalue weighted by Gasteiger charge is 2.12. The van der Waals surface area contributed by atoms with Gasteiger partial charge in [-0.15, -0.1) is 11.8 Å². The lowest BCUT2D eigenvalue weighted by molar-refractivity contribution is -0.115. The molecule has 2 rings (SSSR count). The van der Waals surface area contributed by atoms with E-state index in [-0.39, 0.29) is 18.5 Å². The van der Waals surface area contributed by atoms with Crippen molar-refractivity contribution in [2.75, 3.05) is 25.2 Å². The van der Waals surface area contributed by atoms with Gasteiger partial charge in [0.15, 0.2) is 0 Å². The second-order valence-electron chi connectivity index (χ2n) is 5.09. The predicted octanol–water partition coefficient (Wildman–Crippen LogP) is 3.71. The molecular formula is C18H22N2O2S. The van der Waals surface area contributed by atoms with Gasteiger partial charge in [0.05, 0.1) is 19.3 Å². The SMILES string of the molecule is COc1ccccc1[C@H](C)NCC(=O)Nc1ccccc1SC. The van der Waals surface area contributed by atoms with Gasteiger partial charge in [-0.1, -0.05) is 30.3 Å². The zero-order chi connectivity index (χ0) is 16.7. The van der Waals surface area contributed by atoms with Crippen molar-refractivity contribution in [3.63, 3.8) is 0 Å². The van der Waals surface area contributed by atoms with Crippen LogP contribution < -0.4 is 15.4 Å². The second-order valence-corrected chi connectivity index (χ2v) is 5.94. The van der Waals surface area contributed by atoms with Crippen LogP contribution in [0.2, 0.25) is 0 Å². The van der Waals surface area contributed by atoms with Crippen LogP contribution in [-0.2, 0) is 4.79 Å². The Morgan fingerprint density at radius 3 is 2.61 bits per heavy atom. The Hall–Kier alpha value is -1.98. The van der Waals surface area contributed by atoms with Crippen molar-refractivity contribution in [1.29, 1.82) is 0 Å². The number of carbonyl (C=O) groups is 1. The summed E-state index contributed by atoms with van der Waals surface area (Å²) in [5.74, 6) is 0.758. The first-order chi connectivity index (χ1) is 11.2. The maximum atomic E-state index is 12.2. The fourth-order valence-corrected chi connectivity index (χ4v) is 2.88. The molecule has 0 bridgehead atoms. The molecule has 0 unspecified atom stereocenters. The Morgan fingerprint density at radius 1 is 1.17 bits per heavy atom. The monoisotopic (exact) mass is 330 g/mol. The lowest BCUT2D eigenvalue weighted by atomic mass is 10.1. The first-order valence-electron chi connectivity index (χ1n) is 7.45. The summed E-state index contributed by atoms with van der Waals surface area (Å²) in [6.45, 7) is 2.25. The van der Waals surface area contributed by atoms with Gasteiger partial charge in [0.2, 0.25) is 5.91 Å². The highest BCUT2D eigenvalue weighted by Crippen LogP contribution is 2.25. The van der Waals surface area contributed by atoms with E-state index in [0.29, 0.717) is 0 Å². The van der Waals surface area contributed by atoms with Crippen LogP contribution in [0.25, 0.3) is 0 Å². The number of hydrogen-bond donors (Lipinski definition) is 2. The van der Waals surface area contributed by atoms with Crippen LogP contribution >= 0.6 is 11.8 Å². The van der Waals surface area contributed by atoms with E-state index in [0.717, 1.165) is 21.9 Å². The number of methoxy groups -OCH3 is 1. The average molecular weight is 330 g/mol. The molecular weight excluding hydrogens is 308 g/mol. The molecule has 0 heterocycles. The number of hydrogen-bond acceptors (Lipinski definition) is 4. The number of rotatable bonds is 7. The van der Waals surface area contributed by atoms with Crippen LogP contribution in [0.4, 0.5) is 5.69 Å². The van der Waals surface area contributed by atoms with Gasteiger partial charge in [-0.05, 0) is 31.4 Å². The average Bonchev–Trinajstić information content (AvgIpc) is 2.60. The van der Waals surface area contributed by atoms with Crippen LogP contribution in [0.5, 0.6) is 5.75 Å². The molecule has 2 N–H and O–H groups in total. The molecule has 122 valence electrons. The van der Waals surface area contributed by atoms with E-state index in [1.807, 2.05) is 61.7 Å². The number of nitrogens with one attached hydrogen (secondary N) is 2. The Morgan fingerprint density at radius 2 is 1.87 bits per heavy atom. The molecule has 0 aromatic heterocycles. The molecule has 4 nitrogen and oxygen atoms in total. The Bertz CT molecular complexity index is 661. The molecule has 1 amide bonds. The third kappa shape index (κ3) is 4.74. The fourth-order valence-electron chi connectivity index (χ4n) is 2.32. The zero-order valence-electron chi connectivity index (χ0n) is 13.6. The van der Waals surface area contributed by atoms with Crippen LogP contribution in [0.15, 0.2) is 53.4 Å². The Kier molecular flexibility index (Phi) is 6.50. The molecule has 0 aliphatic carbocycles. The summed E-state index contributed by atoms with van der Waals surface area (Å²) in [7, 11) is 1.65. The minimum Gasteiger partial charge on any atom is -0.496 e. The maximum absolute atomic E-state index is 12.2. The van der Waals surface area contributed by atoms with Gasteiger partial charge in [0.1, 0.15) is 5.75 Å². The van der Waals surface area contributed by atoms with Crippen molar-refractivity contribution in [3.05, 3.63) is 54.1 Å². The molecule has 0 saturated carbocycles. The molecule has 0 aliphatic rings. The standard InChI is InChI=1S/C18H22N2O2S/c1-13(14-8-4-6-10-16(14)22-2)19-12-18(21)20-15-9-5-7-11-17(15)23-3/h4-11,13,19H,12H2,1-3H3,(H,20,21)/t13-/m0/s1. The molecule has 0 fully saturated rings. The molecule has 0 spiro atoms. The summed E-state index contributed by atoms with van der Waals surface area (Å²) in [6.07, 6.45) is 1.99. The molecule has 1 atom stereocenters. The van der Waals surface area contributed by atoms with Gasteiger partial charge < -0.3 is 15.4 Å². The highest BCUT2D eigenvalue weighted by molar-refractivity contribution is 7.98. The largest absolute Gasteiger partial charge is 0.496 e. The fraction of sp³-hybridized carbons (Fsp3) is 0.278. The maximum Gasteiger partial charge on any atom is 0.238 e. The van der Waals surface area contributed by atoms with Gasteiger partial charge in [-0.2, -0.15) is 0 Å². The van der Waals surface area contributed by atoms with Crippen molar-refractivity contribution in [1.82, 2.24) is 5.32 Å². The predicted molar refractivity (Wildman–Crippen MR) is 96.3 cm³/mol. The van der Waals surface area contributed by atoms with Gasteiger partial charge >= 0.3 is 0 Å². The lowest BCUT2D eigenvalue weighted by Gasteiger charge is -2.17. The first-order valence-corrected chi connectivity index (χ1v) is 8.67. The van der Waals surface area contributed by atoms with E-state index in [1.165, 1.54) is 0 Å². The lowest BCUT2D eigenvalue weighted by Crippen LogP contribution is -2.30. The topological polar surface area (TPSA) is 50.4 Å². The summed E-state index contributed by atoms with van der Waals surface area (Å²) < 4.78 is 5.36. The van der Waals surface area contributed by atoms with Gasteiger partial charge in [0, 0.05) is 16.5 Å². The van der Waals surface area contributed by atoms with Gasteiger partial charge in [0.25, 0.3) is 0 Å². The van der Waals surface area contributed by atoms with Crippen molar-refractivity contribution in [2.45, 2.75) is 17.9 Å². The normalized spacial score (nSPS) is 11.8. The molecule has 2 aromatic rings. The third-order valence-electron chi connectivity index (χ3n) is 3.56. The van der Waals surface area contributed by atoms with E-state index < -0.39 is 0 Å². The van der Waals surface area contributed by atoms with Crippen LogP contribution in [0, 0.1) is 0 Å². The third-order valence-corrected chi connectivity index (χ3v) is 4.35. The summed E-state index contributed by atoms with van der Waals surface area (Å²) in [4.78, 5) is 13.2. The number of para-hydroxylation sites is 2. The van der Waals surface area contributed by atoms with Gasteiger partial charge in [-0.3, -0.25) is 4.79 Å². The molecule has 5 heteroatoms. The van der Waals surface area contributed by atoms with E-state index in [1.54, 1.807) is 18.9 Å². The summed E-state index contributed by atoms with van der Waals surface area (Å²) >= 11 is 1.61. The highest BCUT2D eigenvalue weighted by atomic mass is 32.2. The van der Waals surface area contributed by atoms with Gasteiger partial charge in [-0.25, -0.2) is 0 Å². The van der Waals surface area contributed by atoms with Crippen LogP contribution in [0.3, 0.4) is 0 Å². The second kappa shape index (κ2) is 8.60. The quantitative estimate of drug-likeness (QED) is 0.760. The number of ether oxygens (including phenoxy) is 1. The number of benzene rings is 2. The summed E-state index contributed by atoms with van der Waals surface area (Å²) in [6, 6.07) is 15.6. The summed E-state index contributed by atoms with van der Waals surface area (Å²) in [5, 5.41) is 6.18. The smallest absolute Gasteiger partial charge is 0.238 e. The van der Waals surface area contributed by atoms with Crippen molar-refractivity contribution in [3.8, 4) is 5.75 Å². The number of thioether (sulfide) groups is 1. The van der Waals surface area contributed by atoms with E-state index in [9.17, 15) is 4.79 Å². The summed E-state index contributed by atoms with van der Waals surface area (Å²) in [5.41, 5.74) is 1.88. The van der Waals surface area contributed by atoms with Crippen molar-refractivity contribution in [2.24, 2.45) is 0 Å². The minimum atomic E-state index is -0.0618. The number of anilines is 1. The van der Waals surface area contributed by atoms with Crippen LogP contribution in [0.1, 0.15) is 18.5 Å². The zero-order valence-corrected chi connectivity index (χ0v) is 14.4. The van der Waals surface area contributed by atoms with Crippen molar-refractivity contribution >= 4 is 23.4 Å². The number of carbonyl (C=O) groups excluding carboxylic acids is 1. The molecule has 2 aromatic carbocycles. The molecule has 0 radical (unpaired) electrons. The van der Waals surface area contributed by atoms with E-state index in [2.05, 4.69) is 10.6 Å². The van der Waals surface area contributed by atoms with Crippen LogP contribution in [-0.4, -0.2) is 25.8 Å². The molecule has 23 heavy (non-hydrogen) atoms. The van der Waals surface area contributed by atoms with E-state index in [4.69, 9.17) is 4.74 Å².